The molecule has 2 aliphatic heterocycles. The normalized spacial score (nSPS) is 35.6. The maximum Gasteiger partial charge on any atom is 0.226 e. The Kier molecular flexibility index (Phi) is 3.24. The van der Waals surface area contributed by atoms with E-state index in [1.54, 1.807) is 0 Å². The molecule has 3 nitrogen and oxygen atoms in total. The van der Waals surface area contributed by atoms with Crippen molar-refractivity contribution < 1.29 is 9.90 Å². The first-order valence-corrected chi connectivity index (χ1v) is 6.51. The Hall–Kier alpha value is -0.570. The molecule has 2 aliphatic rings. The molecule has 1 N–H and O–H groups in total. The lowest BCUT2D eigenvalue weighted by Crippen LogP contribution is -2.50. The minimum atomic E-state index is -0.184. The summed E-state index contributed by atoms with van der Waals surface area (Å²) >= 11 is 0. The molecule has 0 radical (unpaired) electrons. The smallest absolute Gasteiger partial charge is 0.226 e. The molecular formula is C13H23NO2. The molecule has 2 heterocycles. The van der Waals surface area contributed by atoms with Gasteiger partial charge in [0.1, 0.15) is 0 Å². The monoisotopic (exact) mass is 225 g/mol. The van der Waals surface area contributed by atoms with Crippen LogP contribution in [0.5, 0.6) is 0 Å². The van der Waals surface area contributed by atoms with E-state index in [0.29, 0.717) is 23.9 Å². The van der Waals surface area contributed by atoms with Gasteiger partial charge in [0.15, 0.2) is 0 Å². The van der Waals surface area contributed by atoms with Crippen molar-refractivity contribution in [3.8, 4) is 0 Å². The summed E-state index contributed by atoms with van der Waals surface area (Å²) in [5.74, 6) is 0.812. The summed E-state index contributed by atoms with van der Waals surface area (Å²) in [6.07, 6.45) is 3.55. The van der Waals surface area contributed by atoms with Crippen LogP contribution in [0, 0.1) is 11.8 Å². The largest absolute Gasteiger partial charge is 0.393 e. The van der Waals surface area contributed by atoms with Gasteiger partial charge in [0.2, 0.25) is 5.91 Å². The van der Waals surface area contributed by atoms with Crippen LogP contribution in [0.2, 0.25) is 0 Å². The zero-order valence-electron chi connectivity index (χ0n) is 10.5. The first-order chi connectivity index (χ1) is 7.50. The third-order valence-corrected chi connectivity index (χ3v) is 4.35. The molecular weight excluding hydrogens is 202 g/mol. The predicted octanol–water partition coefficient (Wildman–Crippen LogP) is 1.79. The van der Waals surface area contributed by atoms with E-state index >= 15 is 0 Å². The number of nitrogens with zero attached hydrogens (tertiary/aromatic N) is 1. The minimum Gasteiger partial charge on any atom is -0.393 e. The Labute approximate surface area is 97.8 Å². The van der Waals surface area contributed by atoms with Crippen molar-refractivity contribution in [2.45, 2.75) is 64.6 Å². The Morgan fingerprint density at radius 2 is 1.69 bits per heavy atom. The number of carbonyl (C=O) groups is 1. The van der Waals surface area contributed by atoms with Crippen LogP contribution >= 0.6 is 0 Å². The highest BCUT2D eigenvalue weighted by Gasteiger charge is 2.43. The van der Waals surface area contributed by atoms with Gasteiger partial charge in [0, 0.05) is 18.0 Å². The van der Waals surface area contributed by atoms with Crippen molar-refractivity contribution in [1.29, 1.82) is 0 Å². The van der Waals surface area contributed by atoms with Crippen LogP contribution in [-0.4, -0.2) is 34.1 Å². The molecule has 3 unspecified atom stereocenters. The number of aliphatic hydroxyl groups excluding tert-OH is 1. The van der Waals surface area contributed by atoms with E-state index in [1.165, 1.54) is 0 Å². The van der Waals surface area contributed by atoms with Gasteiger partial charge >= 0.3 is 0 Å². The first-order valence-electron chi connectivity index (χ1n) is 6.51. The summed E-state index contributed by atoms with van der Waals surface area (Å²) in [5, 5.41) is 9.70. The number of aliphatic hydroxyl groups is 1. The molecule has 0 aromatic heterocycles. The van der Waals surface area contributed by atoms with Gasteiger partial charge in [-0.25, -0.2) is 0 Å². The van der Waals surface area contributed by atoms with Crippen LogP contribution in [0.25, 0.3) is 0 Å². The topological polar surface area (TPSA) is 40.5 Å². The average molecular weight is 225 g/mol. The van der Waals surface area contributed by atoms with Crippen LogP contribution in [0.3, 0.4) is 0 Å². The second kappa shape index (κ2) is 4.36. The van der Waals surface area contributed by atoms with Gasteiger partial charge in [-0.1, -0.05) is 20.8 Å². The maximum absolute atomic E-state index is 12.4. The number of hydrogen-bond acceptors (Lipinski definition) is 2. The second-order valence-electron chi connectivity index (χ2n) is 5.79. The molecule has 0 aliphatic carbocycles. The number of carbonyl (C=O) groups excluding carboxylic acids is 1. The Balaban J connectivity index is 2.08. The van der Waals surface area contributed by atoms with Crippen LogP contribution in [-0.2, 0) is 4.79 Å². The third-order valence-electron chi connectivity index (χ3n) is 4.35. The highest BCUT2D eigenvalue weighted by molar-refractivity contribution is 5.79. The van der Waals surface area contributed by atoms with Crippen molar-refractivity contribution in [3.63, 3.8) is 0 Å². The molecule has 2 rings (SSSR count). The van der Waals surface area contributed by atoms with E-state index in [4.69, 9.17) is 0 Å². The summed E-state index contributed by atoms with van der Waals surface area (Å²) in [7, 11) is 0. The van der Waals surface area contributed by atoms with Crippen molar-refractivity contribution in [2.24, 2.45) is 11.8 Å². The molecule has 0 aromatic rings. The molecule has 2 fully saturated rings. The predicted molar refractivity (Wildman–Crippen MR) is 62.9 cm³/mol. The van der Waals surface area contributed by atoms with E-state index in [-0.39, 0.29) is 12.0 Å². The molecule has 16 heavy (non-hydrogen) atoms. The van der Waals surface area contributed by atoms with Crippen LogP contribution in [0.15, 0.2) is 0 Å². The third kappa shape index (κ3) is 1.97. The molecule has 0 saturated carbocycles. The molecule has 2 bridgehead atoms. The fourth-order valence-corrected chi connectivity index (χ4v) is 3.03. The van der Waals surface area contributed by atoms with E-state index in [1.807, 2.05) is 6.92 Å². The van der Waals surface area contributed by atoms with Gasteiger partial charge < -0.3 is 10.0 Å². The fourth-order valence-electron chi connectivity index (χ4n) is 3.03. The first kappa shape index (κ1) is 11.9. The van der Waals surface area contributed by atoms with Gasteiger partial charge in [0.25, 0.3) is 0 Å². The van der Waals surface area contributed by atoms with Crippen LogP contribution in [0.1, 0.15) is 46.5 Å². The van der Waals surface area contributed by atoms with E-state index in [9.17, 15) is 9.90 Å². The Morgan fingerprint density at radius 3 is 2.12 bits per heavy atom. The molecule has 3 atom stereocenters. The molecule has 92 valence electrons. The van der Waals surface area contributed by atoms with E-state index in [0.717, 1.165) is 25.7 Å². The van der Waals surface area contributed by atoms with Gasteiger partial charge in [-0.15, -0.1) is 0 Å². The average Bonchev–Trinajstić information content (AvgIpc) is 2.49. The summed E-state index contributed by atoms with van der Waals surface area (Å²) < 4.78 is 0. The van der Waals surface area contributed by atoms with Crippen molar-refractivity contribution in [3.05, 3.63) is 0 Å². The summed E-state index contributed by atoms with van der Waals surface area (Å²) in [4.78, 5) is 14.4. The van der Waals surface area contributed by atoms with E-state index in [2.05, 4.69) is 18.7 Å². The van der Waals surface area contributed by atoms with Gasteiger partial charge in [-0.2, -0.15) is 0 Å². The summed E-state index contributed by atoms with van der Waals surface area (Å²) in [5.41, 5.74) is 0. The number of piperidine rings is 1. The van der Waals surface area contributed by atoms with E-state index < -0.39 is 0 Å². The molecule has 0 spiro atoms. The molecule has 3 heteroatoms. The number of fused-ring (bicyclic) bond motifs is 2. The zero-order chi connectivity index (χ0) is 11.9. The number of amides is 1. The minimum absolute atomic E-state index is 0.110. The standard InChI is InChI=1S/C13H23NO2/c1-8(2)9(3)13(16)14-10-4-5-11(14)7-12(15)6-10/h8-12,15H,4-7H2,1-3H3. The van der Waals surface area contributed by atoms with Gasteiger partial charge in [0.05, 0.1) is 6.10 Å². The lowest BCUT2D eigenvalue weighted by molar-refractivity contribution is -0.142. The summed E-state index contributed by atoms with van der Waals surface area (Å²) in [6.45, 7) is 6.23. The SMILES string of the molecule is CC(C)C(C)C(=O)N1C2CCC1CC(O)C2. The van der Waals surface area contributed by atoms with Crippen LogP contribution < -0.4 is 0 Å². The lowest BCUT2D eigenvalue weighted by Gasteiger charge is -2.39. The Morgan fingerprint density at radius 1 is 1.19 bits per heavy atom. The molecule has 0 aromatic carbocycles. The quantitative estimate of drug-likeness (QED) is 0.778. The molecule has 2 saturated heterocycles. The second-order valence-corrected chi connectivity index (χ2v) is 5.79. The Bertz CT molecular complexity index is 263. The van der Waals surface area contributed by atoms with Crippen molar-refractivity contribution in [1.82, 2.24) is 4.90 Å². The highest BCUT2D eigenvalue weighted by atomic mass is 16.3. The fraction of sp³-hybridized carbons (Fsp3) is 0.923. The lowest BCUT2D eigenvalue weighted by atomic mass is 9.92. The maximum atomic E-state index is 12.4. The van der Waals surface area contributed by atoms with Gasteiger partial charge in [-0.05, 0) is 31.6 Å². The van der Waals surface area contributed by atoms with Crippen LogP contribution in [0.4, 0.5) is 0 Å². The highest BCUT2D eigenvalue weighted by Crippen LogP contribution is 2.37. The molecule has 1 amide bonds. The van der Waals surface area contributed by atoms with Crippen molar-refractivity contribution in [2.75, 3.05) is 0 Å². The zero-order valence-corrected chi connectivity index (χ0v) is 10.5. The van der Waals surface area contributed by atoms with Gasteiger partial charge in [-0.3, -0.25) is 4.79 Å². The number of rotatable bonds is 2. The summed E-state index contributed by atoms with van der Waals surface area (Å²) in [6, 6.07) is 0.616. The van der Waals surface area contributed by atoms with Crippen molar-refractivity contribution >= 4 is 5.91 Å². The number of hydrogen-bond donors (Lipinski definition) is 1.